The summed E-state index contributed by atoms with van der Waals surface area (Å²) in [7, 11) is 0. The summed E-state index contributed by atoms with van der Waals surface area (Å²) in [6.07, 6.45) is 3.52. The highest BCUT2D eigenvalue weighted by atomic mass is 35.5. The van der Waals surface area contributed by atoms with Gasteiger partial charge < -0.3 is 10.2 Å². The average molecular weight is 382 g/mol. The van der Waals surface area contributed by atoms with Crippen LogP contribution in [0, 0.1) is 12.3 Å². The molecule has 3 heterocycles. The molecule has 2 aliphatic heterocycles. The van der Waals surface area contributed by atoms with Gasteiger partial charge in [-0.25, -0.2) is 0 Å². The molecule has 0 bridgehead atoms. The zero-order valence-electron chi connectivity index (χ0n) is 14.5. The van der Waals surface area contributed by atoms with Crippen molar-refractivity contribution in [1.82, 2.24) is 15.2 Å². The molecule has 1 N–H and O–H groups in total. The summed E-state index contributed by atoms with van der Waals surface area (Å²) < 4.78 is 0. The number of carbonyl (C=O) groups excluding carboxylic acids is 1. The van der Waals surface area contributed by atoms with E-state index in [2.05, 4.69) is 15.2 Å². The molecule has 136 valence electrons. The van der Waals surface area contributed by atoms with Crippen LogP contribution in [0.5, 0.6) is 0 Å². The molecule has 2 aliphatic rings. The maximum atomic E-state index is 13.1. The van der Waals surface area contributed by atoms with Gasteiger partial charge >= 0.3 is 0 Å². The lowest BCUT2D eigenvalue weighted by Crippen LogP contribution is -2.39. The molecule has 1 aromatic heterocycles. The summed E-state index contributed by atoms with van der Waals surface area (Å²) in [5, 5.41) is 4.40. The Hall–Kier alpha value is -1.36. The first-order valence-electron chi connectivity index (χ1n) is 8.53. The highest BCUT2D eigenvalue weighted by Gasteiger charge is 2.40. The van der Waals surface area contributed by atoms with Crippen molar-refractivity contribution in [2.24, 2.45) is 5.41 Å². The van der Waals surface area contributed by atoms with Crippen molar-refractivity contribution < 1.29 is 4.79 Å². The second-order valence-corrected chi connectivity index (χ2v) is 7.06. The third-order valence-corrected chi connectivity index (χ3v) is 5.46. The van der Waals surface area contributed by atoms with E-state index in [9.17, 15) is 4.79 Å². The van der Waals surface area contributed by atoms with Crippen molar-refractivity contribution >= 4 is 41.6 Å². The number of nitrogens with one attached hydrogen (secondary N) is 1. The van der Waals surface area contributed by atoms with Crippen LogP contribution in [0.2, 0.25) is 0 Å². The van der Waals surface area contributed by atoms with E-state index in [1.165, 1.54) is 12.8 Å². The molecule has 1 amide bonds. The highest BCUT2D eigenvalue weighted by Crippen LogP contribution is 2.39. The number of carbonyl (C=O) groups is 1. The molecule has 2 saturated heterocycles. The average Bonchev–Trinajstić information content (AvgIpc) is 2.97. The number of hydrogen-bond donors (Lipinski definition) is 1. The fraction of sp³-hybridized carbons (Fsp3) is 0.474. The summed E-state index contributed by atoms with van der Waals surface area (Å²) in [5.41, 5.74) is 2.97. The van der Waals surface area contributed by atoms with Gasteiger partial charge in [0.1, 0.15) is 0 Å². The summed E-state index contributed by atoms with van der Waals surface area (Å²) in [6, 6.07) is 9.89. The minimum Gasteiger partial charge on any atom is -0.338 e. The molecule has 4 rings (SSSR count). The number of rotatable bonds is 1. The molecular weight excluding hydrogens is 357 g/mol. The fourth-order valence-electron chi connectivity index (χ4n) is 4.13. The van der Waals surface area contributed by atoms with Gasteiger partial charge in [-0.1, -0.05) is 18.2 Å². The van der Waals surface area contributed by atoms with E-state index < -0.39 is 0 Å². The van der Waals surface area contributed by atoms with Crippen LogP contribution < -0.4 is 5.32 Å². The molecule has 0 saturated carbocycles. The number of aryl methyl sites for hydroxylation is 1. The zero-order valence-corrected chi connectivity index (χ0v) is 16.1. The van der Waals surface area contributed by atoms with Crippen LogP contribution in [-0.4, -0.2) is 42.0 Å². The maximum Gasteiger partial charge on any atom is 0.254 e. The van der Waals surface area contributed by atoms with Crippen LogP contribution in [0.3, 0.4) is 0 Å². The van der Waals surface area contributed by atoms with Gasteiger partial charge in [-0.05, 0) is 56.8 Å². The molecule has 2 fully saturated rings. The standard InChI is InChI=1S/C19H23N3O.2ClH/c1-14-12-16(15-4-2-3-5-17(15)21-14)18(23)22-11-8-19(13-22)6-9-20-10-7-19;;/h2-5,12,20H,6-11,13H2,1H3;2*1H. The number of likely N-dealkylation sites (tertiary alicyclic amines) is 1. The van der Waals surface area contributed by atoms with Gasteiger partial charge in [0.15, 0.2) is 0 Å². The third kappa shape index (κ3) is 3.76. The Bertz CT molecular complexity index is 759. The van der Waals surface area contributed by atoms with Crippen LogP contribution in [0.1, 0.15) is 35.3 Å². The molecule has 6 heteroatoms. The zero-order chi connectivity index (χ0) is 15.9. The monoisotopic (exact) mass is 381 g/mol. The quantitative estimate of drug-likeness (QED) is 0.820. The summed E-state index contributed by atoms with van der Waals surface area (Å²) in [6.45, 7) is 5.91. The van der Waals surface area contributed by atoms with Crippen molar-refractivity contribution in [3.8, 4) is 0 Å². The Morgan fingerprint density at radius 3 is 2.64 bits per heavy atom. The van der Waals surface area contributed by atoms with E-state index in [1.54, 1.807) is 0 Å². The number of para-hydroxylation sites is 1. The SMILES string of the molecule is Cc1cc(C(=O)N2CCC3(CCNCC3)C2)c2ccccc2n1.Cl.Cl. The molecular formula is C19H25Cl2N3O. The Balaban J connectivity index is 0.00000113. The minimum atomic E-state index is 0. The van der Waals surface area contributed by atoms with E-state index in [0.717, 1.165) is 54.8 Å². The van der Waals surface area contributed by atoms with Crippen molar-refractivity contribution in [3.05, 3.63) is 41.6 Å². The lowest BCUT2D eigenvalue weighted by Gasteiger charge is -2.33. The largest absolute Gasteiger partial charge is 0.338 e. The molecule has 0 unspecified atom stereocenters. The second-order valence-electron chi connectivity index (χ2n) is 7.06. The van der Waals surface area contributed by atoms with Gasteiger partial charge in [0.25, 0.3) is 5.91 Å². The summed E-state index contributed by atoms with van der Waals surface area (Å²) in [4.78, 5) is 19.7. The van der Waals surface area contributed by atoms with Crippen molar-refractivity contribution in [2.45, 2.75) is 26.2 Å². The number of aromatic nitrogens is 1. The Morgan fingerprint density at radius 2 is 1.88 bits per heavy atom. The fourth-order valence-corrected chi connectivity index (χ4v) is 4.13. The van der Waals surface area contributed by atoms with Crippen LogP contribution in [0.15, 0.2) is 30.3 Å². The smallest absolute Gasteiger partial charge is 0.254 e. The van der Waals surface area contributed by atoms with Gasteiger partial charge in [0, 0.05) is 24.2 Å². The minimum absolute atomic E-state index is 0. The predicted octanol–water partition coefficient (Wildman–Crippen LogP) is 3.60. The van der Waals surface area contributed by atoms with Gasteiger partial charge in [0.05, 0.1) is 11.1 Å². The van der Waals surface area contributed by atoms with Crippen molar-refractivity contribution in [3.63, 3.8) is 0 Å². The number of nitrogens with zero attached hydrogens (tertiary/aromatic N) is 2. The number of pyridine rings is 1. The van der Waals surface area contributed by atoms with Crippen molar-refractivity contribution in [1.29, 1.82) is 0 Å². The molecule has 0 aliphatic carbocycles. The van der Waals surface area contributed by atoms with E-state index in [1.807, 2.05) is 37.3 Å². The van der Waals surface area contributed by atoms with E-state index in [-0.39, 0.29) is 30.7 Å². The molecule has 4 nitrogen and oxygen atoms in total. The first kappa shape index (κ1) is 20.0. The van der Waals surface area contributed by atoms with Gasteiger partial charge in [0.2, 0.25) is 0 Å². The van der Waals surface area contributed by atoms with Crippen LogP contribution in [0.4, 0.5) is 0 Å². The van der Waals surface area contributed by atoms with Crippen LogP contribution in [0.25, 0.3) is 10.9 Å². The second kappa shape index (κ2) is 7.90. The third-order valence-electron chi connectivity index (χ3n) is 5.46. The van der Waals surface area contributed by atoms with E-state index in [0.29, 0.717) is 5.41 Å². The predicted molar refractivity (Wildman–Crippen MR) is 106 cm³/mol. The maximum absolute atomic E-state index is 13.1. The lowest BCUT2D eigenvalue weighted by molar-refractivity contribution is 0.0763. The number of hydrogen-bond acceptors (Lipinski definition) is 3. The van der Waals surface area contributed by atoms with Gasteiger partial charge in [-0.15, -0.1) is 24.8 Å². The molecule has 1 aromatic carbocycles. The number of halogens is 2. The Kier molecular flexibility index (Phi) is 6.30. The lowest BCUT2D eigenvalue weighted by atomic mass is 9.78. The van der Waals surface area contributed by atoms with Gasteiger partial charge in [-0.3, -0.25) is 9.78 Å². The number of fused-ring (bicyclic) bond motifs is 1. The molecule has 1 spiro atoms. The number of benzene rings is 1. The Labute approximate surface area is 161 Å². The van der Waals surface area contributed by atoms with E-state index in [4.69, 9.17) is 0 Å². The number of amides is 1. The molecule has 0 radical (unpaired) electrons. The normalized spacial score (nSPS) is 18.7. The van der Waals surface area contributed by atoms with Crippen LogP contribution >= 0.6 is 24.8 Å². The first-order valence-corrected chi connectivity index (χ1v) is 8.53. The molecule has 0 atom stereocenters. The van der Waals surface area contributed by atoms with Crippen LogP contribution in [-0.2, 0) is 0 Å². The first-order chi connectivity index (χ1) is 11.2. The van der Waals surface area contributed by atoms with E-state index >= 15 is 0 Å². The summed E-state index contributed by atoms with van der Waals surface area (Å²) >= 11 is 0. The highest BCUT2D eigenvalue weighted by molar-refractivity contribution is 6.06. The topological polar surface area (TPSA) is 45.2 Å². The van der Waals surface area contributed by atoms with Gasteiger partial charge in [-0.2, -0.15) is 0 Å². The molecule has 2 aromatic rings. The van der Waals surface area contributed by atoms with Crippen molar-refractivity contribution in [2.75, 3.05) is 26.2 Å². The Morgan fingerprint density at radius 1 is 1.16 bits per heavy atom. The summed E-state index contributed by atoms with van der Waals surface area (Å²) in [5.74, 6) is 0.169. The molecule has 25 heavy (non-hydrogen) atoms. The number of piperidine rings is 1.